The van der Waals surface area contributed by atoms with E-state index in [-0.39, 0.29) is 5.82 Å². The second-order valence-electron chi connectivity index (χ2n) is 3.97. The van der Waals surface area contributed by atoms with Crippen molar-refractivity contribution in [2.24, 2.45) is 5.73 Å². The molecule has 2 nitrogen and oxygen atoms in total. The van der Waals surface area contributed by atoms with Gasteiger partial charge in [0.1, 0.15) is 17.3 Å². The van der Waals surface area contributed by atoms with Crippen LogP contribution in [0.2, 0.25) is 0 Å². The van der Waals surface area contributed by atoms with Crippen molar-refractivity contribution >= 4 is 31.9 Å². The largest absolute Gasteiger partial charge is 0.457 e. The summed E-state index contributed by atoms with van der Waals surface area (Å²) in [6.45, 7) is 0.547. The van der Waals surface area contributed by atoms with E-state index in [9.17, 15) is 4.39 Å². The number of rotatable bonds is 4. The third-order valence-corrected chi connectivity index (χ3v) is 3.66. The Balaban J connectivity index is 2.30. The Bertz CT molecular complexity index is 590. The maximum absolute atomic E-state index is 13.2. The zero-order valence-electron chi connectivity index (χ0n) is 10.00. The van der Waals surface area contributed by atoms with E-state index in [1.807, 2.05) is 18.2 Å². The number of benzene rings is 2. The van der Waals surface area contributed by atoms with Gasteiger partial charge in [0, 0.05) is 4.47 Å². The summed E-state index contributed by atoms with van der Waals surface area (Å²) in [5, 5.41) is 0. The van der Waals surface area contributed by atoms with Crippen LogP contribution in [-0.2, 0) is 6.42 Å². The molecule has 0 aliphatic heterocycles. The molecule has 0 bridgehead atoms. The number of ether oxygens (including phenoxy) is 1. The van der Waals surface area contributed by atoms with Gasteiger partial charge in [-0.1, -0.05) is 22.0 Å². The molecule has 2 aromatic rings. The van der Waals surface area contributed by atoms with Crippen molar-refractivity contribution in [1.29, 1.82) is 0 Å². The van der Waals surface area contributed by atoms with Crippen LogP contribution in [0.1, 0.15) is 5.56 Å². The summed E-state index contributed by atoms with van der Waals surface area (Å²) in [5.74, 6) is 0.978. The SMILES string of the molecule is NCCc1ccc(Br)cc1Oc1ccc(F)c(Br)c1. The van der Waals surface area contributed by atoms with E-state index in [2.05, 4.69) is 31.9 Å². The summed E-state index contributed by atoms with van der Waals surface area (Å²) in [4.78, 5) is 0. The van der Waals surface area contributed by atoms with Crippen molar-refractivity contribution in [3.8, 4) is 11.5 Å². The summed E-state index contributed by atoms with van der Waals surface area (Å²) in [6.07, 6.45) is 0.727. The minimum atomic E-state index is -0.316. The monoisotopic (exact) mass is 387 g/mol. The van der Waals surface area contributed by atoms with Crippen LogP contribution in [0.4, 0.5) is 4.39 Å². The molecule has 0 heterocycles. The van der Waals surface area contributed by atoms with Gasteiger partial charge in [0.15, 0.2) is 0 Å². The van der Waals surface area contributed by atoms with Crippen molar-refractivity contribution in [3.63, 3.8) is 0 Å². The quantitative estimate of drug-likeness (QED) is 0.827. The third-order valence-electron chi connectivity index (χ3n) is 2.56. The Morgan fingerprint density at radius 2 is 1.89 bits per heavy atom. The van der Waals surface area contributed by atoms with E-state index >= 15 is 0 Å². The Labute approximate surface area is 128 Å². The maximum atomic E-state index is 13.2. The molecule has 5 heteroatoms. The van der Waals surface area contributed by atoms with Gasteiger partial charge in [-0.25, -0.2) is 4.39 Å². The molecule has 0 aromatic heterocycles. The molecule has 19 heavy (non-hydrogen) atoms. The topological polar surface area (TPSA) is 35.2 Å². The molecular formula is C14H12Br2FNO. The van der Waals surface area contributed by atoms with E-state index in [1.165, 1.54) is 6.07 Å². The molecule has 2 rings (SSSR count). The van der Waals surface area contributed by atoms with Crippen LogP contribution in [0.15, 0.2) is 45.3 Å². The highest BCUT2D eigenvalue weighted by atomic mass is 79.9. The number of hydrogen-bond donors (Lipinski definition) is 1. The zero-order valence-corrected chi connectivity index (χ0v) is 13.2. The smallest absolute Gasteiger partial charge is 0.137 e. The summed E-state index contributed by atoms with van der Waals surface area (Å²) in [6, 6.07) is 10.3. The predicted molar refractivity (Wildman–Crippen MR) is 81.1 cm³/mol. The maximum Gasteiger partial charge on any atom is 0.137 e. The van der Waals surface area contributed by atoms with E-state index in [1.54, 1.807) is 12.1 Å². The highest BCUT2D eigenvalue weighted by Gasteiger charge is 2.07. The molecule has 2 N–H and O–H groups in total. The van der Waals surface area contributed by atoms with Crippen LogP contribution in [-0.4, -0.2) is 6.54 Å². The van der Waals surface area contributed by atoms with Gasteiger partial charge in [0.05, 0.1) is 4.47 Å². The fourth-order valence-corrected chi connectivity index (χ4v) is 2.35. The second-order valence-corrected chi connectivity index (χ2v) is 5.74. The lowest BCUT2D eigenvalue weighted by Gasteiger charge is -2.11. The third kappa shape index (κ3) is 3.78. The normalized spacial score (nSPS) is 10.5. The lowest BCUT2D eigenvalue weighted by molar-refractivity contribution is 0.473. The van der Waals surface area contributed by atoms with Crippen LogP contribution in [0.3, 0.4) is 0 Å². The molecule has 0 radical (unpaired) electrons. The highest BCUT2D eigenvalue weighted by molar-refractivity contribution is 9.10. The summed E-state index contributed by atoms with van der Waals surface area (Å²) < 4.78 is 20.3. The van der Waals surface area contributed by atoms with Gasteiger partial charge in [0.25, 0.3) is 0 Å². The zero-order chi connectivity index (χ0) is 13.8. The highest BCUT2D eigenvalue weighted by Crippen LogP contribution is 2.31. The Kier molecular flexibility index (Phi) is 4.96. The van der Waals surface area contributed by atoms with Gasteiger partial charge in [0.2, 0.25) is 0 Å². The second kappa shape index (κ2) is 6.50. The Morgan fingerprint density at radius 3 is 2.58 bits per heavy atom. The number of halogens is 3. The van der Waals surface area contributed by atoms with E-state index in [4.69, 9.17) is 10.5 Å². The Morgan fingerprint density at radius 1 is 1.11 bits per heavy atom. The molecule has 0 amide bonds. The summed E-state index contributed by atoms with van der Waals surface area (Å²) in [5.41, 5.74) is 6.60. The standard InChI is InChI=1S/C14H12Br2FNO/c15-10-2-1-9(5-6-18)14(7-10)19-11-3-4-13(17)12(16)8-11/h1-4,7-8H,5-6,18H2. The molecule has 0 aliphatic rings. The van der Waals surface area contributed by atoms with Crippen molar-refractivity contribution in [3.05, 3.63) is 56.7 Å². The van der Waals surface area contributed by atoms with Gasteiger partial charge >= 0.3 is 0 Å². The molecule has 0 atom stereocenters. The van der Waals surface area contributed by atoms with Crippen molar-refractivity contribution in [2.45, 2.75) is 6.42 Å². The average Bonchev–Trinajstić information content (AvgIpc) is 2.37. The first kappa shape index (κ1) is 14.5. The summed E-state index contributed by atoms with van der Waals surface area (Å²) in [7, 11) is 0. The van der Waals surface area contributed by atoms with Crippen LogP contribution >= 0.6 is 31.9 Å². The van der Waals surface area contributed by atoms with E-state index in [0.29, 0.717) is 16.8 Å². The van der Waals surface area contributed by atoms with Crippen molar-refractivity contribution < 1.29 is 9.13 Å². The Hall–Kier alpha value is -0.910. The van der Waals surface area contributed by atoms with Crippen LogP contribution < -0.4 is 10.5 Å². The first-order chi connectivity index (χ1) is 9.10. The van der Waals surface area contributed by atoms with Gasteiger partial charge < -0.3 is 10.5 Å². The summed E-state index contributed by atoms with van der Waals surface area (Å²) >= 11 is 6.55. The predicted octanol–water partition coefficient (Wildman–Crippen LogP) is 4.64. The van der Waals surface area contributed by atoms with Crippen molar-refractivity contribution in [2.75, 3.05) is 6.54 Å². The molecule has 0 aliphatic carbocycles. The first-order valence-electron chi connectivity index (χ1n) is 5.71. The average molecular weight is 389 g/mol. The molecule has 0 saturated heterocycles. The van der Waals surface area contributed by atoms with Crippen LogP contribution in [0, 0.1) is 5.82 Å². The number of hydrogen-bond acceptors (Lipinski definition) is 2. The van der Waals surface area contributed by atoms with E-state index < -0.39 is 0 Å². The minimum absolute atomic E-state index is 0.316. The fraction of sp³-hybridized carbons (Fsp3) is 0.143. The van der Waals surface area contributed by atoms with Gasteiger partial charge in [-0.15, -0.1) is 0 Å². The number of nitrogens with two attached hydrogens (primary N) is 1. The van der Waals surface area contributed by atoms with Gasteiger partial charge in [-0.2, -0.15) is 0 Å². The molecule has 0 fully saturated rings. The molecule has 2 aromatic carbocycles. The molecule has 100 valence electrons. The fourth-order valence-electron chi connectivity index (χ4n) is 1.65. The molecule has 0 unspecified atom stereocenters. The van der Waals surface area contributed by atoms with Gasteiger partial charge in [-0.3, -0.25) is 0 Å². The van der Waals surface area contributed by atoms with Gasteiger partial charge in [-0.05, 0) is 64.8 Å². The molecule has 0 saturated carbocycles. The van der Waals surface area contributed by atoms with E-state index in [0.717, 1.165) is 22.2 Å². The lowest BCUT2D eigenvalue weighted by atomic mass is 10.1. The lowest BCUT2D eigenvalue weighted by Crippen LogP contribution is -2.04. The first-order valence-corrected chi connectivity index (χ1v) is 7.30. The van der Waals surface area contributed by atoms with Crippen molar-refractivity contribution in [1.82, 2.24) is 0 Å². The van der Waals surface area contributed by atoms with Crippen LogP contribution in [0.25, 0.3) is 0 Å². The molecular weight excluding hydrogens is 377 g/mol. The van der Waals surface area contributed by atoms with Crippen LogP contribution in [0.5, 0.6) is 11.5 Å². The molecule has 0 spiro atoms. The minimum Gasteiger partial charge on any atom is -0.457 e.